The molecule has 1 N–H and O–H groups in total. The second kappa shape index (κ2) is 8.42. The summed E-state index contributed by atoms with van der Waals surface area (Å²) in [6, 6.07) is 9.95. The summed E-state index contributed by atoms with van der Waals surface area (Å²) in [5.41, 5.74) is -0.937. The van der Waals surface area contributed by atoms with E-state index in [1.165, 1.54) is 50.9 Å². The molecule has 3 aromatic rings. The number of aromatic nitrogens is 2. The highest BCUT2D eigenvalue weighted by Gasteiger charge is 2.12. The van der Waals surface area contributed by atoms with Gasteiger partial charge >= 0.3 is 11.1 Å². The topological polar surface area (TPSA) is 91.6 Å². The quantitative estimate of drug-likeness (QED) is 0.638. The van der Waals surface area contributed by atoms with Gasteiger partial charge in [-0.15, -0.1) is 0 Å². The molecule has 0 saturated carbocycles. The average molecular weight is 399 g/mol. The van der Waals surface area contributed by atoms with Gasteiger partial charge in [0.25, 0.3) is 0 Å². The Hall–Kier alpha value is -3.88. The maximum atomic E-state index is 13.0. The van der Waals surface area contributed by atoms with E-state index in [1.54, 1.807) is 18.2 Å². The molecule has 1 amide bonds. The van der Waals surface area contributed by atoms with Crippen molar-refractivity contribution >= 4 is 11.6 Å². The molecule has 0 bridgehead atoms. The highest BCUT2D eigenvalue weighted by molar-refractivity contribution is 5.90. The predicted molar refractivity (Wildman–Crippen MR) is 104 cm³/mol. The number of nitrogens with one attached hydrogen (secondary N) is 1. The summed E-state index contributed by atoms with van der Waals surface area (Å²) in [6.45, 7) is -0.354. The molecular weight excluding hydrogens is 381 g/mol. The van der Waals surface area contributed by atoms with Crippen molar-refractivity contribution in [1.82, 2.24) is 9.13 Å². The predicted octanol–water partition coefficient (Wildman–Crippen LogP) is 1.79. The Morgan fingerprint density at radius 2 is 1.66 bits per heavy atom. The number of methoxy groups -OCH3 is 2. The number of nitrogens with zero attached hydrogens (tertiary/aromatic N) is 2. The van der Waals surface area contributed by atoms with Gasteiger partial charge in [0.1, 0.15) is 12.4 Å². The van der Waals surface area contributed by atoms with Crippen LogP contribution in [0.25, 0.3) is 5.69 Å². The summed E-state index contributed by atoms with van der Waals surface area (Å²) in [7, 11) is 2.97. The zero-order chi connectivity index (χ0) is 21.0. The molecule has 150 valence electrons. The van der Waals surface area contributed by atoms with Crippen molar-refractivity contribution in [3.8, 4) is 17.2 Å². The number of halogens is 1. The standard InChI is InChI=1S/C20H18FN3O5/c1-28-16-8-5-14(11-17(16)29-2)22-18(25)12-23-9-10-24(20(27)19(23)26)15-6-3-13(21)4-7-15/h3-11H,12H2,1-2H3,(H,22,25). The van der Waals surface area contributed by atoms with Crippen LogP contribution in [0.15, 0.2) is 64.4 Å². The first-order chi connectivity index (χ1) is 13.9. The van der Waals surface area contributed by atoms with Gasteiger partial charge in [-0.3, -0.25) is 23.5 Å². The van der Waals surface area contributed by atoms with Gasteiger partial charge in [-0.1, -0.05) is 0 Å². The first-order valence-corrected chi connectivity index (χ1v) is 8.53. The van der Waals surface area contributed by atoms with Crippen molar-refractivity contribution < 1.29 is 18.7 Å². The van der Waals surface area contributed by atoms with Crippen LogP contribution in [-0.2, 0) is 11.3 Å². The molecule has 1 heterocycles. The van der Waals surface area contributed by atoms with Crippen molar-refractivity contribution in [3.63, 3.8) is 0 Å². The molecule has 1 aromatic heterocycles. The maximum absolute atomic E-state index is 13.0. The smallest absolute Gasteiger partial charge is 0.320 e. The van der Waals surface area contributed by atoms with Gasteiger partial charge in [-0.2, -0.15) is 0 Å². The molecule has 3 rings (SSSR count). The lowest BCUT2D eigenvalue weighted by Gasteiger charge is -2.12. The summed E-state index contributed by atoms with van der Waals surface area (Å²) in [5, 5.41) is 2.63. The molecule has 0 saturated heterocycles. The fourth-order valence-corrected chi connectivity index (χ4v) is 2.71. The lowest BCUT2D eigenvalue weighted by atomic mass is 10.2. The number of carbonyl (C=O) groups excluding carboxylic acids is 1. The number of benzene rings is 2. The number of hydrogen-bond acceptors (Lipinski definition) is 5. The largest absolute Gasteiger partial charge is 0.493 e. The third-order valence-electron chi connectivity index (χ3n) is 4.14. The summed E-state index contributed by atoms with van der Waals surface area (Å²) in [4.78, 5) is 37.0. The van der Waals surface area contributed by atoms with Crippen LogP contribution in [0.3, 0.4) is 0 Å². The van der Waals surface area contributed by atoms with E-state index in [4.69, 9.17) is 9.47 Å². The summed E-state index contributed by atoms with van der Waals surface area (Å²) in [5.74, 6) is -0.0179. The Labute approximate surface area is 164 Å². The number of rotatable bonds is 6. The number of amides is 1. The van der Waals surface area contributed by atoms with E-state index >= 15 is 0 Å². The average Bonchev–Trinajstić information content (AvgIpc) is 2.72. The maximum Gasteiger partial charge on any atom is 0.320 e. The van der Waals surface area contributed by atoms with Gasteiger partial charge in [-0.05, 0) is 36.4 Å². The lowest BCUT2D eigenvalue weighted by Crippen LogP contribution is -2.41. The molecule has 9 heteroatoms. The second-order valence-corrected chi connectivity index (χ2v) is 6.00. The second-order valence-electron chi connectivity index (χ2n) is 6.00. The summed E-state index contributed by atoms with van der Waals surface area (Å²) >= 11 is 0. The zero-order valence-corrected chi connectivity index (χ0v) is 15.7. The first-order valence-electron chi connectivity index (χ1n) is 8.53. The third kappa shape index (κ3) is 4.34. The van der Waals surface area contributed by atoms with Crippen LogP contribution in [0.1, 0.15) is 0 Å². The van der Waals surface area contributed by atoms with E-state index in [0.29, 0.717) is 22.9 Å². The van der Waals surface area contributed by atoms with Crippen LogP contribution in [0, 0.1) is 5.82 Å². The van der Waals surface area contributed by atoms with Crippen LogP contribution < -0.4 is 25.9 Å². The monoisotopic (exact) mass is 399 g/mol. The van der Waals surface area contributed by atoms with Gasteiger partial charge in [0.15, 0.2) is 11.5 Å². The minimum Gasteiger partial charge on any atom is -0.493 e. The minimum atomic E-state index is -0.876. The molecule has 0 atom stereocenters. The van der Waals surface area contributed by atoms with E-state index in [1.807, 2.05) is 0 Å². The third-order valence-corrected chi connectivity index (χ3v) is 4.14. The van der Waals surface area contributed by atoms with Crippen molar-refractivity contribution in [2.45, 2.75) is 6.54 Å². The van der Waals surface area contributed by atoms with E-state index in [0.717, 1.165) is 9.13 Å². The molecule has 0 radical (unpaired) electrons. The van der Waals surface area contributed by atoms with Gasteiger partial charge in [0, 0.05) is 29.8 Å². The molecule has 0 aliphatic carbocycles. The first kappa shape index (κ1) is 19.9. The number of hydrogen-bond donors (Lipinski definition) is 1. The Morgan fingerprint density at radius 3 is 2.31 bits per heavy atom. The van der Waals surface area contributed by atoms with Crippen LogP contribution >= 0.6 is 0 Å². The molecule has 0 spiro atoms. The van der Waals surface area contributed by atoms with Gasteiger partial charge < -0.3 is 14.8 Å². The van der Waals surface area contributed by atoms with Crippen LogP contribution in [-0.4, -0.2) is 29.3 Å². The van der Waals surface area contributed by atoms with Crippen molar-refractivity contribution in [3.05, 3.63) is 81.4 Å². The lowest BCUT2D eigenvalue weighted by molar-refractivity contribution is -0.116. The van der Waals surface area contributed by atoms with Crippen LogP contribution in [0.5, 0.6) is 11.5 Å². The normalized spacial score (nSPS) is 10.4. The minimum absolute atomic E-state index is 0.343. The SMILES string of the molecule is COc1ccc(NC(=O)Cn2ccn(-c3ccc(F)cc3)c(=O)c2=O)cc1OC. The zero-order valence-electron chi connectivity index (χ0n) is 15.7. The van der Waals surface area contributed by atoms with Crippen molar-refractivity contribution in [2.75, 3.05) is 19.5 Å². The Kier molecular flexibility index (Phi) is 5.77. The van der Waals surface area contributed by atoms with Gasteiger partial charge in [0.05, 0.1) is 14.2 Å². The van der Waals surface area contributed by atoms with Crippen molar-refractivity contribution in [2.24, 2.45) is 0 Å². The molecular formula is C20H18FN3O5. The van der Waals surface area contributed by atoms with E-state index in [9.17, 15) is 18.8 Å². The fourth-order valence-electron chi connectivity index (χ4n) is 2.71. The number of carbonyl (C=O) groups is 1. The molecule has 29 heavy (non-hydrogen) atoms. The summed E-state index contributed by atoms with van der Waals surface area (Å²) < 4.78 is 25.4. The Bertz CT molecular complexity index is 1150. The molecule has 0 fully saturated rings. The van der Waals surface area contributed by atoms with E-state index in [-0.39, 0.29) is 6.54 Å². The van der Waals surface area contributed by atoms with Crippen LogP contribution in [0.4, 0.5) is 10.1 Å². The van der Waals surface area contributed by atoms with Crippen LogP contribution in [0.2, 0.25) is 0 Å². The molecule has 2 aromatic carbocycles. The van der Waals surface area contributed by atoms with E-state index < -0.39 is 22.8 Å². The Morgan fingerprint density at radius 1 is 0.966 bits per heavy atom. The fraction of sp³-hybridized carbons (Fsp3) is 0.150. The highest BCUT2D eigenvalue weighted by atomic mass is 19.1. The van der Waals surface area contributed by atoms with Gasteiger partial charge in [0.2, 0.25) is 5.91 Å². The summed E-state index contributed by atoms with van der Waals surface area (Å²) in [6.07, 6.45) is 2.67. The number of ether oxygens (including phenoxy) is 2. The highest BCUT2D eigenvalue weighted by Crippen LogP contribution is 2.29. The Balaban J connectivity index is 1.79. The number of anilines is 1. The van der Waals surface area contributed by atoms with Crippen molar-refractivity contribution in [1.29, 1.82) is 0 Å². The molecule has 0 unspecified atom stereocenters. The molecule has 0 aliphatic heterocycles. The molecule has 8 nitrogen and oxygen atoms in total. The molecule has 0 aliphatic rings. The van der Waals surface area contributed by atoms with Gasteiger partial charge in [-0.25, -0.2) is 4.39 Å². The van der Waals surface area contributed by atoms with E-state index in [2.05, 4.69) is 5.32 Å².